The molecule has 2 aromatic carbocycles. The van der Waals surface area contributed by atoms with Gasteiger partial charge >= 0.3 is 5.97 Å². The first-order valence-electron chi connectivity index (χ1n) is 11.4. The molecule has 4 rings (SSSR count). The number of anilines is 3. The molecule has 2 amide bonds. The van der Waals surface area contributed by atoms with E-state index in [1.165, 1.54) is 4.79 Å². The maximum atomic E-state index is 12.7. The lowest BCUT2D eigenvalue weighted by atomic mass is 10.2. The molecule has 0 bridgehead atoms. The lowest BCUT2D eigenvalue weighted by Gasteiger charge is -2.35. The predicted molar refractivity (Wildman–Crippen MR) is 133 cm³/mol. The van der Waals surface area contributed by atoms with Crippen molar-refractivity contribution in [2.75, 3.05) is 48.4 Å². The van der Waals surface area contributed by atoms with Crippen LogP contribution in [0.2, 0.25) is 0 Å². The smallest absolute Gasteiger partial charge is 0.338 e. The van der Waals surface area contributed by atoms with Gasteiger partial charge in [-0.2, -0.15) is 4.79 Å². The van der Waals surface area contributed by atoms with Crippen LogP contribution in [0.3, 0.4) is 0 Å². The molecule has 1 aromatic heterocycles. The maximum Gasteiger partial charge on any atom is 0.338 e. The van der Waals surface area contributed by atoms with Gasteiger partial charge in [0.1, 0.15) is 0 Å². The molecule has 0 spiro atoms. The van der Waals surface area contributed by atoms with Crippen molar-refractivity contribution in [2.24, 2.45) is 0 Å². The minimum Gasteiger partial charge on any atom is -0.462 e. The van der Waals surface area contributed by atoms with Crippen molar-refractivity contribution < 1.29 is 19.1 Å². The van der Waals surface area contributed by atoms with Gasteiger partial charge in [-0.15, -0.1) is 5.10 Å². The quantitative estimate of drug-likeness (QED) is 0.505. The Hall–Kier alpha value is -4.34. The van der Waals surface area contributed by atoms with E-state index in [1.807, 2.05) is 29.2 Å². The van der Waals surface area contributed by atoms with Crippen LogP contribution in [0.25, 0.3) is 0 Å². The van der Waals surface area contributed by atoms with Crippen molar-refractivity contribution >= 4 is 34.8 Å². The molecule has 2 N–H and O–H groups in total. The molecule has 10 nitrogen and oxygen atoms in total. The second kappa shape index (κ2) is 10.7. The van der Waals surface area contributed by atoms with Crippen LogP contribution < -0.4 is 15.6 Å². The lowest BCUT2D eigenvalue weighted by Crippen LogP contribution is -2.48. The highest BCUT2D eigenvalue weighted by molar-refractivity contribution is 6.02. The summed E-state index contributed by atoms with van der Waals surface area (Å²) in [5.41, 5.74) is 6.02. The van der Waals surface area contributed by atoms with E-state index in [-0.39, 0.29) is 17.5 Å². The van der Waals surface area contributed by atoms with Crippen molar-refractivity contribution in [3.63, 3.8) is 0 Å². The number of hydrogen-bond acceptors (Lipinski definition) is 7. The Bertz CT molecular complexity index is 1200. The number of esters is 1. The Labute approximate surface area is 203 Å². The van der Waals surface area contributed by atoms with Crippen LogP contribution in [0.15, 0.2) is 60.8 Å². The Morgan fingerprint density at radius 3 is 2.40 bits per heavy atom. The van der Waals surface area contributed by atoms with Crippen molar-refractivity contribution in [1.82, 2.24) is 14.8 Å². The molecule has 1 aliphatic rings. The number of ether oxygens (including phenoxy) is 1. The van der Waals surface area contributed by atoms with E-state index in [1.54, 1.807) is 50.4 Å². The van der Waals surface area contributed by atoms with Gasteiger partial charge in [-0.1, -0.05) is 6.07 Å². The van der Waals surface area contributed by atoms with Crippen LogP contribution in [0.1, 0.15) is 34.7 Å². The van der Waals surface area contributed by atoms with Gasteiger partial charge in [0.25, 0.3) is 5.91 Å². The normalized spacial score (nSPS) is 13.3. The third kappa shape index (κ3) is 5.97. The summed E-state index contributed by atoms with van der Waals surface area (Å²) < 4.78 is 5.02. The molecule has 0 saturated carbocycles. The molecule has 0 atom stereocenters. The predicted octanol–water partition coefficient (Wildman–Crippen LogP) is 2.86. The molecular formula is C25H28N6O4. The second-order valence-corrected chi connectivity index (χ2v) is 8.05. The molecule has 10 heteroatoms. The van der Waals surface area contributed by atoms with E-state index >= 15 is 0 Å². The molecule has 0 unspecified atom stereocenters. The molecule has 2 heterocycles. The lowest BCUT2D eigenvalue weighted by molar-refractivity contribution is -0.129. The molecule has 1 fully saturated rings. The summed E-state index contributed by atoms with van der Waals surface area (Å²) in [4.78, 5) is 41.5. The van der Waals surface area contributed by atoms with Gasteiger partial charge in [0.2, 0.25) is 5.91 Å². The third-order valence-electron chi connectivity index (χ3n) is 5.65. The van der Waals surface area contributed by atoms with Crippen LogP contribution in [0.4, 0.5) is 17.1 Å². The molecular weight excluding hydrogens is 448 g/mol. The van der Waals surface area contributed by atoms with Gasteiger partial charge in [-0.05, 0) is 55.5 Å². The SMILES string of the molecule is CCOC(=O)c1cccc(Nn2ccc(C(=O)Nc3ccc(N4CCN(C(C)=O)CC4)cc3)n2)c1. The standard InChI is InChI=1S/C25H28N6O4/c1-3-35-25(34)19-5-4-6-21(17-19)27-31-12-11-23(28-31)24(33)26-20-7-9-22(10-8-20)30-15-13-29(14-16-30)18(2)32/h4-12,17,27H,3,13-16H2,1-2H3,(H,26,33). The Morgan fingerprint density at radius 2 is 1.71 bits per heavy atom. The van der Waals surface area contributed by atoms with Crippen LogP contribution in [0, 0.1) is 0 Å². The maximum absolute atomic E-state index is 12.7. The first kappa shape index (κ1) is 23.8. The van der Waals surface area contributed by atoms with E-state index < -0.39 is 5.97 Å². The summed E-state index contributed by atoms with van der Waals surface area (Å²) in [6.07, 6.45) is 1.62. The zero-order valence-corrected chi connectivity index (χ0v) is 19.7. The monoisotopic (exact) mass is 476 g/mol. The number of amides is 2. The fourth-order valence-electron chi connectivity index (χ4n) is 3.80. The van der Waals surface area contributed by atoms with Gasteiger partial charge in [0.05, 0.1) is 17.9 Å². The summed E-state index contributed by atoms with van der Waals surface area (Å²) in [7, 11) is 0. The van der Waals surface area contributed by atoms with Crippen LogP contribution in [-0.4, -0.2) is 65.4 Å². The summed E-state index contributed by atoms with van der Waals surface area (Å²) in [5.74, 6) is -0.639. The Morgan fingerprint density at radius 1 is 0.971 bits per heavy atom. The zero-order valence-electron chi connectivity index (χ0n) is 19.7. The minimum atomic E-state index is -0.402. The van der Waals surface area contributed by atoms with Crippen LogP contribution >= 0.6 is 0 Å². The molecule has 1 aliphatic heterocycles. The molecule has 1 saturated heterocycles. The average molecular weight is 477 g/mol. The fraction of sp³-hybridized carbons (Fsp3) is 0.280. The molecule has 0 aliphatic carbocycles. The zero-order chi connectivity index (χ0) is 24.8. The third-order valence-corrected chi connectivity index (χ3v) is 5.65. The van der Waals surface area contributed by atoms with Crippen molar-refractivity contribution in [2.45, 2.75) is 13.8 Å². The van der Waals surface area contributed by atoms with E-state index in [0.29, 0.717) is 36.6 Å². The number of carbonyl (C=O) groups excluding carboxylic acids is 3. The van der Waals surface area contributed by atoms with Gasteiger partial charge in [0.15, 0.2) is 5.69 Å². The van der Waals surface area contributed by atoms with Gasteiger partial charge < -0.3 is 19.9 Å². The highest BCUT2D eigenvalue weighted by atomic mass is 16.5. The molecule has 182 valence electrons. The summed E-state index contributed by atoms with van der Waals surface area (Å²) >= 11 is 0. The van der Waals surface area contributed by atoms with E-state index in [2.05, 4.69) is 20.7 Å². The summed E-state index contributed by atoms with van der Waals surface area (Å²) in [5, 5.41) is 7.11. The van der Waals surface area contributed by atoms with Gasteiger partial charge in [0, 0.05) is 50.7 Å². The highest BCUT2D eigenvalue weighted by Gasteiger charge is 2.19. The van der Waals surface area contributed by atoms with Crippen LogP contribution in [0.5, 0.6) is 0 Å². The second-order valence-electron chi connectivity index (χ2n) is 8.05. The first-order valence-corrected chi connectivity index (χ1v) is 11.4. The highest BCUT2D eigenvalue weighted by Crippen LogP contribution is 2.20. The topological polar surface area (TPSA) is 109 Å². The van der Waals surface area contributed by atoms with E-state index in [0.717, 1.165) is 18.8 Å². The first-order chi connectivity index (χ1) is 16.9. The van der Waals surface area contributed by atoms with Crippen molar-refractivity contribution in [1.29, 1.82) is 0 Å². The summed E-state index contributed by atoms with van der Waals surface area (Å²) in [6, 6.07) is 16.0. The number of nitrogens with zero attached hydrogens (tertiary/aromatic N) is 4. The molecule has 0 radical (unpaired) electrons. The number of hydrogen-bond donors (Lipinski definition) is 2. The number of nitrogens with one attached hydrogen (secondary N) is 2. The van der Waals surface area contributed by atoms with Gasteiger partial charge in [-0.25, -0.2) is 4.79 Å². The van der Waals surface area contributed by atoms with Crippen molar-refractivity contribution in [3.05, 3.63) is 72.1 Å². The number of piperazine rings is 1. The number of aromatic nitrogens is 2. The number of rotatable bonds is 7. The molecule has 35 heavy (non-hydrogen) atoms. The number of carbonyl (C=O) groups is 3. The number of benzene rings is 2. The summed E-state index contributed by atoms with van der Waals surface area (Å²) in [6.45, 7) is 6.61. The van der Waals surface area contributed by atoms with Crippen molar-refractivity contribution in [3.8, 4) is 0 Å². The van der Waals surface area contributed by atoms with E-state index in [4.69, 9.17) is 4.74 Å². The largest absolute Gasteiger partial charge is 0.462 e. The average Bonchev–Trinajstić information content (AvgIpc) is 3.33. The Kier molecular flexibility index (Phi) is 7.30. The van der Waals surface area contributed by atoms with Gasteiger partial charge in [-0.3, -0.25) is 15.0 Å². The molecule has 3 aromatic rings. The fourth-order valence-corrected chi connectivity index (χ4v) is 3.80. The Balaban J connectivity index is 1.33. The minimum absolute atomic E-state index is 0.102. The van der Waals surface area contributed by atoms with E-state index in [9.17, 15) is 14.4 Å². The van der Waals surface area contributed by atoms with Crippen LogP contribution in [-0.2, 0) is 9.53 Å².